The first kappa shape index (κ1) is 13.6. The van der Waals surface area contributed by atoms with Gasteiger partial charge in [0.15, 0.2) is 0 Å². The van der Waals surface area contributed by atoms with Crippen molar-refractivity contribution in [3.63, 3.8) is 0 Å². The Kier molecular flexibility index (Phi) is 3.92. The van der Waals surface area contributed by atoms with Crippen molar-refractivity contribution in [1.29, 1.82) is 0 Å². The zero-order chi connectivity index (χ0) is 14.0. The lowest BCUT2D eigenvalue weighted by atomic mass is 10.1. The number of primary amides is 1. The maximum absolute atomic E-state index is 12.3. The molecule has 1 aromatic carbocycles. The molecule has 0 radical (unpaired) electrons. The highest BCUT2D eigenvalue weighted by molar-refractivity contribution is 6.31. The third-order valence-corrected chi connectivity index (χ3v) is 3.14. The summed E-state index contributed by atoms with van der Waals surface area (Å²) in [6.07, 6.45) is 0. The van der Waals surface area contributed by atoms with E-state index in [-0.39, 0.29) is 24.5 Å². The molecule has 1 aliphatic rings. The second kappa shape index (κ2) is 5.46. The number of carbonyl (C=O) groups excluding carboxylic acids is 2. The third-order valence-electron chi connectivity index (χ3n) is 2.91. The van der Waals surface area contributed by atoms with Crippen LogP contribution in [0.5, 0.6) is 5.75 Å². The maximum atomic E-state index is 12.3. The summed E-state index contributed by atoms with van der Waals surface area (Å²) in [4.78, 5) is 24.9. The van der Waals surface area contributed by atoms with E-state index in [2.05, 4.69) is 0 Å². The molecule has 1 heterocycles. The van der Waals surface area contributed by atoms with Crippen molar-refractivity contribution in [2.24, 2.45) is 5.73 Å². The Hall–Kier alpha value is -1.79. The number of rotatable bonds is 2. The highest BCUT2D eigenvalue weighted by Crippen LogP contribution is 2.24. The van der Waals surface area contributed by atoms with Gasteiger partial charge in [0.1, 0.15) is 11.8 Å². The van der Waals surface area contributed by atoms with E-state index in [1.807, 2.05) is 0 Å². The van der Waals surface area contributed by atoms with Crippen LogP contribution in [-0.2, 0) is 9.53 Å². The molecule has 0 bridgehead atoms. The second-order valence-electron chi connectivity index (χ2n) is 4.15. The number of morpholine rings is 1. The number of phenolic OH excluding ortho intramolecular Hbond substituents is 1. The first-order chi connectivity index (χ1) is 9.00. The highest BCUT2D eigenvalue weighted by Gasteiger charge is 2.32. The van der Waals surface area contributed by atoms with Crippen molar-refractivity contribution in [1.82, 2.24) is 4.90 Å². The molecule has 2 amide bonds. The molecule has 19 heavy (non-hydrogen) atoms. The number of benzene rings is 1. The first-order valence-electron chi connectivity index (χ1n) is 5.67. The molecule has 1 unspecified atom stereocenters. The SMILES string of the molecule is NC(=O)C1COCCN1C(=O)c1cc(Cl)ccc1O. The Bertz CT molecular complexity index is 520. The summed E-state index contributed by atoms with van der Waals surface area (Å²) in [5, 5.41) is 10.0. The van der Waals surface area contributed by atoms with Crippen LogP contribution < -0.4 is 5.73 Å². The molecule has 1 aliphatic heterocycles. The molecular weight excluding hydrogens is 272 g/mol. The van der Waals surface area contributed by atoms with E-state index in [0.29, 0.717) is 11.6 Å². The van der Waals surface area contributed by atoms with E-state index in [4.69, 9.17) is 22.1 Å². The van der Waals surface area contributed by atoms with Crippen molar-refractivity contribution < 1.29 is 19.4 Å². The zero-order valence-electron chi connectivity index (χ0n) is 10.0. The second-order valence-corrected chi connectivity index (χ2v) is 4.59. The minimum atomic E-state index is -0.834. The van der Waals surface area contributed by atoms with Gasteiger partial charge in [-0.3, -0.25) is 9.59 Å². The number of halogens is 1. The lowest BCUT2D eigenvalue weighted by molar-refractivity contribution is -0.127. The minimum Gasteiger partial charge on any atom is -0.507 e. The van der Waals surface area contributed by atoms with Crippen molar-refractivity contribution in [3.05, 3.63) is 28.8 Å². The summed E-state index contributed by atoms with van der Waals surface area (Å²) in [6.45, 7) is 0.609. The number of carbonyl (C=O) groups is 2. The zero-order valence-corrected chi connectivity index (χ0v) is 10.8. The average molecular weight is 285 g/mol. The summed E-state index contributed by atoms with van der Waals surface area (Å²) < 4.78 is 5.13. The normalized spacial score (nSPS) is 19.2. The van der Waals surface area contributed by atoms with Crippen LogP contribution in [0.1, 0.15) is 10.4 Å². The predicted molar refractivity (Wildman–Crippen MR) is 68.0 cm³/mol. The summed E-state index contributed by atoms with van der Waals surface area (Å²) in [7, 11) is 0. The van der Waals surface area contributed by atoms with Crippen LogP contribution >= 0.6 is 11.6 Å². The minimum absolute atomic E-state index is 0.0423. The molecule has 1 fully saturated rings. The van der Waals surface area contributed by atoms with E-state index in [1.165, 1.54) is 23.1 Å². The maximum Gasteiger partial charge on any atom is 0.258 e. The Morgan fingerprint density at radius 1 is 1.47 bits per heavy atom. The lowest BCUT2D eigenvalue weighted by Gasteiger charge is -2.33. The fourth-order valence-corrected chi connectivity index (χ4v) is 2.09. The molecule has 0 spiro atoms. The molecule has 1 saturated heterocycles. The predicted octanol–water partition coefficient (Wildman–Crippen LogP) is 0.372. The molecule has 1 aromatic rings. The standard InChI is InChI=1S/C12H13ClN2O4/c13-7-1-2-10(16)8(5-7)12(18)15-3-4-19-6-9(15)11(14)17/h1-2,5,9,16H,3-4,6H2,(H2,14,17). The number of ether oxygens (including phenoxy) is 1. The lowest BCUT2D eigenvalue weighted by Crippen LogP contribution is -2.54. The van der Waals surface area contributed by atoms with Gasteiger partial charge in [0.25, 0.3) is 5.91 Å². The van der Waals surface area contributed by atoms with Gasteiger partial charge in [-0.05, 0) is 18.2 Å². The van der Waals surface area contributed by atoms with Gasteiger partial charge >= 0.3 is 0 Å². The van der Waals surface area contributed by atoms with E-state index in [0.717, 1.165) is 0 Å². The molecule has 0 aromatic heterocycles. The average Bonchev–Trinajstić information content (AvgIpc) is 2.40. The summed E-state index contributed by atoms with van der Waals surface area (Å²) >= 11 is 5.80. The number of aromatic hydroxyl groups is 1. The molecule has 102 valence electrons. The van der Waals surface area contributed by atoms with Crippen LogP contribution in [0.2, 0.25) is 5.02 Å². The fourth-order valence-electron chi connectivity index (χ4n) is 1.92. The van der Waals surface area contributed by atoms with Gasteiger partial charge in [-0.25, -0.2) is 0 Å². The Morgan fingerprint density at radius 3 is 2.89 bits per heavy atom. The van der Waals surface area contributed by atoms with Crippen molar-refractivity contribution >= 4 is 23.4 Å². The first-order valence-corrected chi connectivity index (χ1v) is 6.05. The number of phenols is 1. The molecule has 3 N–H and O–H groups in total. The van der Waals surface area contributed by atoms with Gasteiger partial charge in [-0.2, -0.15) is 0 Å². The molecule has 7 heteroatoms. The van der Waals surface area contributed by atoms with Crippen LogP contribution in [0.4, 0.5) is 0 Å². The summed E-state index contributed by atoms with van der Waals surface area (Å²) in [6, 6.07) is 3.32. The van der Waals surface area contributed by atoms with E-state index < -0.39 is 17.9 Å². The number of nitrogens with zero attached hydrogens (tertiary/aromatic N) is 1. The quantitative estimate of drug-likeness (QED) is 0.821. The number of nitrogens with two attached hydrogens (primary N) is 1. The Morgan fingerprint density at radius 2 is 2.21 bits per heavy atom. The van der Waals surface area contributed by atoms with Crippen molar-refractivity contribution in [2.75, 3.05) is 19.8 Å². The third kappa shape index (κ3) is 2.80. The van der Waals surface area contributed by atoms with Crippen LogP contribution in [0.15, 0.2) is 18.2 Å². The van der Waals surface area contributed by atoms with Gasteiger partial charge in [0.2, 0.25) is 5.91 Å². The van der Waals surface area contributed by atoms with Crippen LogP contribution in [0.3, 0.4) is 0 Å². The van der Waals surface area contributed by atoms with Crippen LogP contribution in [0.25, 0.3) is 0 Å². The van der Waals surface area contributed by atoms with E-state index in [1.54, 1.807) is 0 Å². The molecule has 0 saturated carbocycles. The van der Waals surface area contributed by atoms with Gasteiger partial charge < -0.3 is 20.5 Å². The molecule has 0 aliphatic carbocycles. The smallest absolute Gasteiger partial charge is 0.258 e. The van der Waals surface area contributed by atoms with Crippen molar-refractivity contribution in [3.8, 4) is 5.75 Å². The largest absolute Gasteiger partial charge is 0.507 e. The van der Waals surface area contributed by atoms with Crippen molar-refractivity contribution in [2.45, 2.75) is 6.04 Å². The van der Waals surface area contributed by atoms with Crippen LogP contribution in [-0.4, -0.2) is 47.6 Å². The van der Waals surface area contributed by atoms with Gasteiger partial charge in [-0.15, -0.1) is 0 Å². The molecule has 2 rings (SSSR count). The van der Waals surface area contributed by atoms with Crippen LogP contribution in [0, 0.1) is 0 Å². The van der Waals surface area contributed by atoms with E-state index >= 15 is 0 Å². The topological polar surface area (TPSA) is 92.9 Å². The number of hydrogen-bond acceptors (Lipinski definition) is 4. The number of amides is 2. The van der Waals surface area contributed by atoms with Gasteiger partial charge in [0, 0.05) is 11.6 Å². The monoisotopic (exact) mass is 284 g/mol. The Balaban J connectivity index is 2.31. The van der Waals surface area contributed by atoms with Gasteiger partial charge in [-0.1, -0.05) is 11.6 Å². The Labute approximate surface area is 114 Å². The van der Waals surface area contributed by atoms with E-state index in [9.17, 15) is 14.7 Å². The molecular formula is C12H13ClN2O4. The number of hydrogen-bond donors (Lipinski definition) is 2. The fraction of sp³-hybridized carbons (Fsp3) is 0.333. The molecule has 1 atom stereocenters. The highest BCUT2D eigenvalue weighted by atomic mass is 35.5. The van der Waals surface area contributed by atoms with Gasteiger partial charge in [0.05, 0.1) is 18.8 Å². The molecule has 6 nitrogen and oxygen atoms in total. The summed E-state index contributed by atoms with van der Waals surface area (Å²) in [5.41, 5.74) is 5.28. The summed E-state index contributed by atoms with van der Waals surface area (Å²) in [5.74, 6) is -1.33.